The first-order chi connectivity index (χ1) is 5.41. The molecule has 0 aliphatic heterocycles. The second-order valence-electron chi connectivity index (χ2n) is 2.81. The number of hydrogen-bond acceptors (Lipinski definition) is 3. The minimum Gasteiger partial charge on any atom is -0.257 e. The van der Waals surface area contributed by atoms with Gasteiger partial charge < -0.3 is 0 Å². The summed E-state index contributed by atoms with van der Waals surface area (Å²) in [5.74, 6) is 0. The maximum atomic E-state index is 11.1. The molecule has 4 heteroatoms. The lowest BCUT2D eigenvalue weighted by molar-refractivity contribution is 0.600. The van der Waals surface area contributed by atoms with Crippen molar-refractivity contribution in [3.63, 3.8) is 0 Å². The van der Waals surface area contributed by atoms with Crippen molar-refractivity contribution in [3.8, 4) is 0 Å². The molecule has 0 unspecified atom stereocenters. The van der Waals surface area contributed by atoms with Crippen LogP contribution in [0, 0.1) is 13.8 Å². The highest BCUT2D eigenvalue weighted by Crippen LogP contribution is 2.12. The maximum Gasteiger partial charge on any atom is 0.177 e. The van der Waals surface area contributed by atoms with E-state index in [4.69, 9.17) is 0 Å². The van der Waals surface area contributed by atoms with Crippen molar-refractivity contribution in [2.75, 3.05) is 6.26 Å². The molecule has 0 bridgehead atoms. The Morgan fingerprint density at radius 2 is 1.83 bits per heavy atom. The lowest BCUT2D eigenvalue weighted by atomic mass is 10.3. The molecular weight excluding hydrogens is 174 g/mol. The summed E-state index contributed by atoms with van der Waals surface area (Å²) >= 11 is 0. The molecule has 0 radical (unpaired) electrons. The average molecular weight is 185 g/mol. The van der Waals surface area contributed by atoms with Gasteiger partial charge in [0.1, 0.15) is 0 Å². The highest BCUT2D eigenvalue weighted by molar-refractivity contribution is 7.90. The Morgan fingerprint density at radius 3 is 2.25 bits per heavy atom. The van der Waals surface area contributed by atoms with E-state index in [1.165, 1.54) is 6.26 Å². The third-order valence-electron chi connectivity index (χ3n) is 1.58. The van der Waals surface area contributed by atoms with Crippen molar-refractivity contribution in [2.45, 2.75) is 18.7 Å². The van der Waals surface area contributed by atoms with Gasteiger partial charge in [0.25, 0.3) is 0 Å². The van der Waals surface area contributed by atoms with Crippen LogP contribution in [0.5, 0.6) is 0 Å². The van der Waals surface area contributed by atoms with Crippen LogP contribution in [-0.4, -0.2) is 19.7 Å². The van der Waals surface area contributed by atoms with Crippen LogP contribution in [0.3, 0.4) is 0 Å². The van der Waals surface area contributed by atoms with Crippen molar-refractivity contribution >= 4 is 9.84 Å². The van der Waals surface area contributed by atoms with E-state index < -0.39 is 9.84 Å². The fraction of sp³-hybridized carbons (Fsp3) is 0.375. The van der Waals surface area contributed by atoms with Crippen molar-refractivity contribution in [2.24, 2.45) is 0 Å². The number of hydrogen-bond donors (Lipinski definition) is 0. The third kappa shape index (κ3) is 1.82. The number of aromatic nitrogens is 1. The van der Waals surface area contributed by atoms with Gasteiger partial charge >= 0.3 is 0 Å². The lowest BCUT2D eigenvalue weighted by Gasteiger charge is -2.02. The number of aryl methyl sites for hydroxylation is 2. The molecule has 0 amide bonds. The molecule has 1 rings (SSSR count). The van der Waals surface area contributed by atoms with E-state index in [2.05, 4.69) is 4.98 Å². The summed E-state index contributed by atoms with van der Waals surface area (Å²) in [4.78, 5) is 4.37. The highest BCUT2D eigenvalue weighted by Gasteiger charge is 2.10. The molecule has 0 N–H and O–H groups in total. The van der Waals surface area contributed by atoms with Crippen molar-refractivity contribution < 1.29 is 8.42 Å². The van der Waals surface area contributed by atoms with Crippen LogP contribution in [0.2, 0.25) is 0 Å². The Hall–Kier alpha value is -0.900. The summed E-state index contributed by atoms with van der Waals surface area (Å²) in [5, 5.41) is 0. The molecule has 1 heterocycles. The van der Waals surface area contributed by atoms with Crippen LogP contribution < -0.4 is 0 Å². The van der Waals surface area contributed by atoms with Gasteiger partial charge in [0.05, 0.1) is 10.6 Å². The van der Waals surface area contributed by atoms with E-state index in [1.54, 1.807) is 19.1 Å². The molecule has 1 aromatic heterocycles. The number of rotatable bonds is 1. The van der Waals surface area contributed by atoms with Crippen molar-refractivity contribution in [1.29, 1.82) is 0 Å². The second kappa shape index (κ2) is 2.86. The average Bonchev–Trinajstić information content (AvgIpc) is 1.83. The van der Waals surface area contributed by atoms with E-state index in [0.717, 1.165) is 5.69 Å². The topological polar surface area (TPSA) is 47.0 Å². The van der Waals surface area contributed by atoms with E-state index in [1.807, 2.05) is 6.92 Å². The van der Waals surface area contributed by atoms with E-state index >= 15 is 0 Å². The molecule has 3 nitrogen and oxygen atoms in total. The fourth-order valence-corrected chi connectivity index (χ4v) is 1.96. The van der Waals surface area contributed by atoms with Gasteiger partial charge in [-0.05, 0) is 26.0 Å². The van der Waals surface area contributed by atoms with Gasteiger partial charge in [-0.15, -0.1) is 0 Å². The Kier molecular flexibility index (Phi) is 2.19. The molecule has 12 heavy (non-hydrogen) atoms. The summed E-state index contributed by atoms with van der Waals surface area (Å²) in [5.41, 5.74) is 1.40. The normalized spacial score (nSPS) is 11.6. The minimum atomic E-state index is -3.11. The van der Waals surface area contributed by atoms with Gasteiger partial charge in [-0.2, -0.15) is 0 Å². The summed E-state index contributed by atoms with van der Waals surface area (Å²) in [6.07, 6.45) is 1.19. The van der Waals surface area contributed by atoms with Crippen LogP contribution in [-0.2, 0) is 9.84 Å². The van der Waals surface area contributed by atoms with Gasteiger partial charge in [0, 0.05) is 11.9 Å². The van der Waals surface area contributed by atoms with E-state index in [0.29, 0.717) is 10.6 Å². The van der Waals surface area contributed by atoms with Crippen molar-refractivity contribution in [1.82, 2.24) is 4.98 Å². The molecule has 0 saturated carbocycles. The summed E-state index contributed by atoms with van der Waals surface area (Å²) < 4.78 is 22.3. The first-order valence-electron chi connectivity index (χ1n) is 3.55. The van der Waals surface area contributed by atoms with Crippen LogP contribution >= 0.6 is 0 Å². The first kappa shape index (κ1) is 9.19. The Morgan fingerprint density at radius 1 is 1.25 bits per heavy atom. The molecule has 0 aromatic carbocycles. The molecule has 66 valence electrons. The molecule has 1 aromatic rings. The lowest BCUT2D eigenvalue weighted by Crippen LogP contribution is -2.02. The van der Waals surface area contributed by atoms with Crippen LogP contribution in [0.1, 0.15) is 11.4 Å². The Labute approximate surface area is 72.4 Å². The van der Waals surface area contributed by atoms with Crippen molar-refractivity contribution in [3.05, 3.63) is 23.5 Å². The third-order valence-corrected chi connectivity index (χ3v) is 2.81. The fourth-order valence-electron chi connectivity index (χ4n) is 1.07. The van der Waals surface area contributed by atoms with Gasteiger partial charge in [0.15, 0.2) is 9.84 Å². The predicted octanol–water partition coefficient (Wildman–Crippen LogP) is 1.10. The quantitative estimate of drug-likeness (QED) is 0.658. The molecule has 0 spiro atoms. The maximum absolute atomic E-state index is 11.1. The second-order valence-corrected chi connectivity index (χ2v) is 4.79. The SMILES string of the molecule is Cc1ccc(S(C)(=O)=O)c(C)n1. The number of sulfone groups is 1. The Bertz CT molecular complexity index is 396. The monoisotopic (exact) mass is 185 g/mol. The first-order valence-corrected chi connectivity index (χ1v) is 5.45. The van der Waals surface area contributed by atoms with E-state index in [9.17, 15) is 8.42 Å². The van der Waals surface area contributed by atoms with Gasteiger partial charge in [-0.1, -0.05) is 0 Å². The zero-order valence-corrected chi connectivity index (χ0v) is 8.14. The minimum absolute atomic E-state index is 0.313. The smallest absolute Gasteiger partial charge is 0.177 e. The number of pyridine rings is 1. The molecule has 0 atom stereocenters. The zero-order chi connectivity index (χ0) is 9.35. The van der Waals surface area contributed by atoms with E-state index in [-0.39, 0.29) is 0 Å². The van der Waals surface area contributed by atoms with Gasteiger partial charge in [-0.25, -0.2) is 8.42 Å². The van der Waals surface area contributed by atoms with Crippen LogP contribution in [0.15, 0.2) is 17.0 Å². The predicted molar refractivity (Wildman–Crippen MR) is 46.8 cm³/mol. The standard InChI is InChI=1S/C8H11NO2S/c1-6-4-5-8(7(2)9-6)12(3,10)11/h4-5H,1-3H3. The molecule has 0 saturated heterocycles. The van der Waals surface area contributed by atoms with Crippen LogP contribution in [0.25, 0.3) is 0 Å². The largest absolute Gasteiger partial charge is 0.257 e. The molecule has 0 aliphatic carbocycles. The summed E-state index contributed by atoms with van der Waals surface area (Å²) in [6, 6.07) is 3.29. The zero-order valence-electron chi connectivity index (χ0n) is 7.33. The summed E-state index contributed by atoms with van der Waals surface area (Å²) in [6.45, 7) is 3.53. The Balaban J connectivity index is 3.39. The molecule has 0 fully saturated rings. The number of nitrogens with zero attached hydrogens (tertiary/aromatic N) is 1. The van der Waals surface area contributed by atoms with Crippen LogP contribution in [0.4, 0.5) is 0 Å². The summed E-state index contributed by atoms with van der Waals surface area (Å²) in [7, 11) is -3.11. The van der Waals surface area contributed by atoms with Gasteiger partial charge in [-0.3, -0.25) is 4.98 Å². The van der Waals surface area contributed by atoms with Gasteiger partial charge in [0.2, 0.25) is 0 Å². The highest BCUT2D eigenvalue weighted by atomic mass is 32.2. The molecule has 0 aliphatic rings. The molecular formula is C8H11NO2S.